The number of likely N-dealkylation sites (N-methyl/N-ethyl adjacent to an activating group) is 1. The van der Waals surface area contributed by atoms with Gasteiger partial charge in [-0.3, -0.25) is 9.58 Å². The zero-order valence-corrected chi connectivity index (χ0v) is 11.9. The molecule has 1 unspecified atom stereocenters. The topological polar surface area (TPSA) is 41.3 Å². The predicted molar refractivity (Wildman–Crippen MR) is 76.0 cm³/mol. The van der Waals surface area contributed by atoms with Crippen molar-refractivity contribution in [2.75, 3.05) is 13.6 Å². The third-order valence-electron chi connectivity index (χ3n) is 2.96. The number of nitrogens with zero attached hydrogens (tertiary/aromatic N) is 3. The number of halogens is 1. The minimum atomic E-state index is -0.588. The van der Waals surface area contributed by atoms with E-state index < -0.39 is 6.10 Å². The van der Waals surface area contributed by atoms with Gasteiger partial charge in [0.25, 0.3) is 0 Å². The maximum atomic E-state index is 10.2. The first-order valence-corrected chi connectivity index (χ1v) is 6.52. The molecule has 4 nitrogen and oxygen atoms in total. The Hall–Kier alpha value is -1.36. The van der Waals surface area contributed by atoms with Crippen molar-refractivity contribution in [2.45, 2.75) is 12.6 Å². The van der Waals surface area contributed by atoms with E-state index in [-0.39, 0.29) is 0 Å². The van der Waals surface area contributed by atoms with Crippen LogP contribution in [0.2, 0.25) is 5.02 Å². The molecule has 0 saturated heterocycles. The van der Waals surface area contributed by atoms with Crippen LogP contribution in [0.25, 0.3) is 0 Å². The molecule has 0 bridgehead atoms. The quantitative estimate of drug-likeness (QED) is 0.913. The summed E-state index contributed by atoms with van der Waals surface area (Å²) >= 11 is 6.07. The van der Waals surface area contributed by atoms with E-state index in [4.69, 9.17) is 11.6 Å². The highest BCUT2D eigenvalue weighted by molar-refractivity contribution is 6.31. The van der Waals surface area contributed by atoms with Crippen molar-refractivity contribution in [1.29, 1.82) is 0 Å². The van der Waals surface area contributed by atoms with Crippen LogP contribution in [0, 0.1) is 0 Å². The summed E-state index contributed by atoms with van der Waals surface area (Å²) in [5.41, 5.74) is 1.89. The zero-order chi connectivity index (χ0) is 13.8. The average Bonchev–Trinajstić information content (AvgIpc) is 2.74. The number of hydrogen-bond donors (Lipinski definition) is 1. The summed E-state index contributed by atoms with van der Waals surface area (Å²) in [5.74, 6) is 0. The molecular weight excluding hydrogens is 262 g/mol. The predicted octanol–water partition coefficient (Wildman–Crippen LogP) is 2.24. The first-order valence-electron chi connectivity index (χ1n) is 6.15. The van der Waals surface area contributed by atoms with Crippen LogP contribution in [0.15, 0.2) is 36.7 Å². The van der Waals surface area contributed by atoms with Crippen molar-refractivity contribution in [3.8, 4) is 0 Å². The first kappa shape index (κ1) is 14.1. The van der Waals surface area contributed by atoms with E-state index in [0.29, 0.717) is 11.6 Å². The lowest BCUT2D eigenvalue weighted by Gasteiger charge is -2.20. The minimum absolute atomic E-state index is 0.526. The number of hydrogen-bond acceptors (Lipinski definition) is 3. The molecule has 19 heavy (non-hydrogen) atoms. The Balaban J connectivity index is 1.95. The first-order chi connectivity index (χ1) is 9.06. The second-order valence-electron chi connectivity index (χ2n) is 4.76. The number of aliphatic hydroxyl groups is 1. The van der Waals surface area contributed by atoms with Crippen molar-refractivity contribution in [2.24, 2.45) is 7.05 Å². The Labute approximate surface area is 118 Å². The fourth-order valence-electron chi connectivity index (χ4n) is 2.07. The molecule has 2 rings (SSSR count). The summed E-state index contributed by atoms with van der Waals surface area (Å²) in [7, 11) is 3.86. The van der Waals surface area contributed by atoms with Gasteiger partial charge >= 0.3 is 0 Å². The zero-order valence-electron chi connectivity index (χ0n) is 11.1. The second kappa shape index (κ2) is 6.19. The fraction of sp³-hybridized carbons (Fsp3) is 0.357. The third kappa shape index (κ3) is 3.80. The maximum absolute atomic E-state index is 10.2. The molecule has 0 aliphatic rings. The molecule has 0 aliphatic carbocycles. The number of aliphatic hydroxyl groups excluding tert-OH is 1. The number of rotatable bonds is 5. The number of aryl methyl sites for hydroxylation is 1. The lowest BCUT2D eigenvalue weighted by atomic mass is 10.1. The van der Waals surface area contributed by atoms with Crippen LogP contribution in [-0.2, 0) is 13.6 Å². The Morgan fingerprint density at radius 1 is 1.42 bits per heavy atom. The molecule has 102 valence electrons. The molecule has 1 heterocycles. The molecule has 0 saturated carbocycles. The molecule has 5 heteroatoms. The summed E-state index contributed by atoms with van der Waals surface area (Å²) < 4.78 is 1.77. The molecule has 0 aliphatic heterocycles. The largest absolute Gasteiger partial charge is 0.387 e. The lowest BCUT2D eigenvalue weighted by Crippen LogP contribution is -2.24. The second-order valence-corrected chi connectivity index (χ2v) is 5.16. The molecule has 0 radical (unpaired) electrons. The summed E-state index contributed by atoms with van der Waals surface area (Å²) in [6.07, 6.45) is 3.21. The van der Waals surface area contributed by atoms with E-state index in [1.54, 1.807) is 10.7 Å². The van der Waals surface area contributed by atoms with Crippen LogP contribution < -0.4 is 0 Å². The van der Waals surface area contributed by atoms with Gasteiger partial charge in [0.1, 0.15) is 0 Å². The van der Waals surface area contributed by atoms with Gasteiger partial charge in [-0.2, -0.15) is 5.10 Å². The number of aromatic nitrogens is 2. The van der Waals surface area contributed by atoms with Gasteiger partial charge in [-0.1, -0.05) is 29.8 Å². The number of benzene rings is 1. The van der Waals surface area contributed by atoms with Gasteiger partial charge < -0.3 is 5.11 Å². The molecule has 0 fully saturated rings. The third-order valence-corrected chi connectivity index (χ3v) is 3.30. The minimum Gasteiger partial charge on any atom is -0.387 e. The van der Waals surface area contributed by atoms with E-state index in [2.05, 4.69) is 5.10 Å². The Bertz CT molecular complexity index is 541. The van der Waals surface area contributed by atoms with Crippen LogP contribution in [0.3, 0.4) is 0 Å². The lowest BCUT2D eigenvalue weighted by molar-refractivity contribution is 0.124. The van der Waals surface area contributed by atoms with Crippen molar-refractivity contribution in [3.63, 3.8) is 0 Å². The van der Waals surface area contributed by atoms with E-state index in [1.165, 1.54) is 0 Å². The van der Waals surface area contributed by atoms with Crippen molar-refractivity contribution >= 4 is 11.6 Å². The monoisotopic (exact) mass is 279 g/mol. The van der Waals surface area contributed by atoms with Crippen LogP contribution in [-0.4, -0.2) is 33.4 Å². The average molecular weight is 280 g/mol. The van der Waals surface area contributed by atoms with Crippen molar-refractivity contribution < 1.29 is 5.11 Å². The molecule has 2 aromatic rings. The SMILES string of the molecule is CN(Cc1cnn(C)c1)CC(O)c1ccccc1Cl. The van der Waals surface area contributed by atoms with Crippen LogP contribution >= 0.6 is 11.6 Å². The standard InChI is InChI=1S/C14H18ClN3O/c1-17(8-11-7-16-18(2)9-11)10-14(19)12-5-3-4-6-13(12)15/h3-7,9,14,19H,8,10H2,1-2H3. The van der Waals surface area contributed by atoms with Crippen LogP contribution in [0.1, 0.15) is 17.2 Å². The van der Waals surface area contributed by atoms with E-state index in [9.17, 15) is 5.11 Å². The van der Waals surface area contributed by atoms with Crippen molar-refractivity contribution in [3.05, 3.63) is 52.8 Å². The Kier molecular flexibility index (Phi) is 4.58. The van der Waals surface area contributed by atoms with E-state index >= 15 is 0 Å². The van der Waals surface area contributed by atoms with Crippen LogP contribution in [0.5, 0.6) is 0 Å². The van der Waals surface area contributed by atoms with Gasteiger partial charge in [-0.05, 0) is 13.1 Å². The van der Waals surface area contributed by atoms with Gasteiger partial charge in [0, 0.05) is 42.5 Å². The van der Waals surface area contributed by atoms with Gasteiger partial charge in [0.05, 0.1) is 12.3 Å². The summed E-state index contributed by atoms with van der Waals surface area (Å²) in [5, 5.41) is 14.9. The van der Waals surface area contributed by atoms with E-state index in [0.717, 1.165) is 17.7 Å². The molecule has 0 amide bonds. The normalized spacial score (nSPS) is 12.9. The summed E-state index contributed by atoms with van der Waals surface area (Å²) in [6.45, 7) is 1.27. The highest BCUT2D eigenvalue weighted by atomic mass is 35.5. The molecule has 1 N–H and O–H groups in total. The Morgan fingerprint density at radius 3 is 2.79 bits per heavy atom. The van der Waals surface area contributed by atoms with Gasteiger partial charge in [0.2, 0.25) is 0 Å². The Morgan fingerprint density at radius 2 is 2.16 bits per heavy atom. The molecule has 1 aromatic heterocycles. The highest BCUT2D eigenvalue weighted by Crippen LogP contribution is 2.23. The summed E-state index contributed by atoms with van der Waals surface area (Å²) in [6, 6.07) is 7.38. The van der Waals surface area contributed by atoms with Gasteiger partial charge in [-0.25, -0.2) is 0 Å². The van der Waals surface area contributed by atoms with E-state index in [1.807, 2.05) is 49.6 Å². The molecule has 1 aromatic carbocycles. The van der Waals surface area contributed by atoms with Gasteiger partial charge in [0.15, 0.2) is 0 Å². The highest BCUT2D eigenvalue weighted by Gasteiger charge is 2.14. The van der Waals surface area contributed by atoms with Gasteiger partial charge in [-0.15, -0.1) is 0 Å². The van der Waals surface area contributed by atoms with Crippen molar-refractivity contribution in [1.82, 2.24) is 14.7 Å². The molecule has 0 spiro atoms. The smallest absolute Gasteiger partial charge is 0.0931 e. The molecule has 1 atom stereocenters. The van der Waals surface area contributed by atoms with Crippen LogP contribution in [0.4, 0.5) is 0 Å². The summed E-state index contributed by atoms with van der Waals surface area (Å²) in [4.78, 5) is 2.05. The molecular formula is C14H18ClN3O. The maximum Gasteiger partial charge on any atom is 0.0931 e. The fourth-order valence-corrected chi connectivity index (χ4v) is 2.33.